The molecule has 0 radical (unpaired) electrons. The Labute approximate surface area is 214 Å². The molecule has 0 bridgehead atoms. The van der Waals surface area contributed by atoms with Crippen LogP contribution in [-0.4, -0.2) is 39.5 Å². The zero-order valence-electron chi connectivity index (χ0n) is 18.4. The number of aryl methyl sites for hydroxylation is 1. The molecule has 2 aromatic carbocycles. The summed E-state index contributed by atoms with van der Waals surface area (Å²) in [6, 6.07) is 12.2. The van der Waals surface area contributed by atoms with Crippen molar-refractivity contribution >= 4 is 35.9 Å². The molecule has 1 N–H and O–H groups in total. The number of nitrogens with zero attached hydrogens (tertiary/aromatic N) is 2. The molecule has 6 nitrogen and oxygen atoms in total. The van der Waals surface area contributed by atoms with E-state index in [9.17, 15) is 14.7 Å². The predicted molar refractivity (Wildman–Crippen MR) is 123 cm³/mol. The summed E-state index contributed by atoms with van der Waals surface area (Å²) in [4.78, 5) is 28.5. The van der Waals surface area contributed by atoms with Gasteiger partial charge in [0, 0.05) is 24.2 Å². The summed E-state index contributed by atoms with van der Waals surface area (Å²) in [6.07, 6.45) is 11.2. The van der Waals surface area contributed by atoms with Crippen LogP contribution in [0.25, 0.3) is 23.4 Å². The van der Waals surface area contributed by atoms with Crippen molar-refractivity contribution in [3.8, 4) is 11.1 Å². The van der Waals surface area contributed by atoms with Gasteiger partial charge >= 0.3 is 29.6 Å². The molecule has 32 heavy (non-hydrogen) atoms. The number of carboxylic acids is 1. The van der Waals surface area contributed by atoms with Gasteiger partial charge in [-0.2, -0.15) is 11.8 Å². The topological polar surface area (TPSA) is 87.0 Å². The average molecular weight is 458 g/mol. The number of thioether (sulfide) groups is 1. The number of amides is 1. The third-order valence-electron chi connectivity index (χ3n) is 4.89. The Morgan fingerprint density at radius 3 is 2.66 bits per heavy atom. The number of aromatic nitrogens is 2. The fraction of sp³-hybridized carbons (Fsp3) is 0.208. The minimum atomic E-state index is -1.28. The van der Waals surface area contributed by atoms with Crippen molar-refractivity contribution in [2.45, 2.75) is 19.4 Å². The average Bonchev–Trinajstić information content (AvgIpc) is 3.29. The Morgan fingerprint density at radius 2 is 2.00 bits per heavy atom. The first-order valence-electron chi connectivity index (χ1n) is 9.86. The maximum absolute atomic E-state index is 13.0. The summed E-state index contributed by atoms with van der Waals surface area (Å²) >= 11 is 1.52. The Hall–Kier alpha value is -2.32. The maximum atomic E-state index is 13.0. The molecule has 1 aromatic heterocycles. The van der Waals surface area contributed by atoms with Crippen LogP contribution in [0.3, 0.4) is 0 Å². The summed E-state index contributed by atoms with van der Waals surface area (Å²) < 4.78 is 1.82. The zero-order chi connectivity index (χ0) is 22.2. The SMILES string of the molecule is CSCC[C@H](NC(=O)c1ccc(/C=C/n2ccnc2)cc1-c1ccccc1C)C(=O)[O-].[Na+]. The molecule has 0 aliphatic rings. The van der Waals surface area contributed by atoms with Crippen molar-refractivity contribution in [2.24, 2.45) is 0 Å². The van der Waals surface area contributed by atoms with Gasteiger partial charge in [-0.1, -0.05) is 30.3 Å². The Bertz CT molecular complexity index is 1080. The second-order valence-electron chi connectivity index (χ2n) is 7.07. The van der Waals surface area contributed by atoms with E-state index in [1.54, 1.807) is 18.6 Å². The van der Waals surface area contributed by atoms with E-state index in [4.69, 9.17) is 0 Å². The minimum Gasteiger partial charge on any atom is -0.548 e. The number of hydrogen-bond donors (Lipinski definition) is 1. The fourth-order valence-corrected chi connectivity index (χ4v) is 3.68. The normalized spacial score (nSPS) is 11.7. The predicted octanol–water partition coefficient (Wildman–Crippen LogP) is 0.0918. The third kappa shape index (κ3) is 6.84. The molecule has 1 atom stereocenters. The van der Waals surface area contributed by atoms with Crippen LogP contribution in [0.2, 0.25) is 0 Å². The van der Waals surface area contributed by atoms with Gasteiger partial charge in [0.25, 0.3) is 5.91 Å². The summed E-state index contributed by atoms with van der Waals surface area (Å²) in [6.45, 7) is 1.98. The molecule has 3 aromatic rings. The van der Waals surface area contributed by atoms with Crippen LogP contribution in [0.15, 0.2) is 61.2 Å². The monoisotopic (exact) mass is 457 g/mol. The molecule has 0 saturated heterocycles. The van der Waals surface area contributed by atoms with Crippen LogP contribution in [0, 0.1) is 6.92 Å². The van der Waals surface area contributed by atoms with E-state index in [0.29, 0.717) is 17.7 Å². The Morgan fingerprint density at radius 1 is 1.22 bits per heavy atom. The van der Waals surface area contributed by atoms with E-state index in [1.165, 1.54) is 11.8 Å². The van der Waals surface area contributed by atoms with Crippen molar-refractivity contribution in [3.63, 3.8) is 0 Å². The molecule has 1 heterocycles. The number of rotatable bonds is 9. The molecular weight excluding hydrogens is 433 g/mol. The van der Waals surface area contributed by atoms with Gasteiger partial charge in [-0.3, -0.25) is 4.79 Å². The van der Waals surface area contributed by atoms with Gasteiger partial charge < -0.3 is 19.8 Å². The quantitative estimate of drug-likeness (QED) is 0.461. The second kappa shape index (κ2) is 12.6. The Balaban J connectivity index is 0.00000363. The molecular formula is C24H24N3NaO3S. The van der Waals surface area contributed by atoms with Crippen molar-refractivity contribution in [1.82, 2.24) is 14.9 Å². The van der Waals surface area contributed by atoms with Gasteiger partial charge in [0.05, 0.1) is 18.3 Å². The summed E-state index contributed by atoms with van der Waals surface area (Å²) in [7, 11) is 0. The van der Waals surface area contributed by atoms with Crippen LogP contribution in [0.4, 0.5) is 0 Å². The van der Waals surface area contributed by atoms with Crippen molar-refractivity contribution in [1.29, 1.82) is 0 Å². The van der Waals surface area contributed by atoms with Gasteiger partial charge in [0.2, 0.25) is 0 Å². The first-order chi connectivity index (χ1) is 15.0. The van der Waals surface area contributed by atoms with Crippen LogP contribution < -0.4 is 40.0 Å². The van der Waals surface area contributed by atoms with Gasteiger partial charge in [-0.05, 0) is 65.8 Å². The molecule has 3 rings (SSSR count). The largest absolute Gasteiger partial charge is 1.00 e. The smallest absolute Gasteiger partial charge is 0.548 e. The first-order valence-corrected chi connectivity index (χ1v) is 11.3. The van der Waals surface area contributed by atoms with E-state index >= 15 is 0 Å². The molecule has 0 saturated carbocycles. The molecule has 0 fully saturated rings. The number of carbonyl (C=O) groups excluding carboxylic acids is 2. The van der Waals surface area contributed by atoms with Crippen LogP contribution in [0.5, 0.6) is 0 Å². The molecule has 0 aliphatic heterocycles. The number of imidazole rings is 1. The molecule has 0 aliphatic carbocycles. The van der Waals surface area contributed by atoms with Crippen LogP contribution in [-0.2, 0) is 4.79 Å². The van der Waals surface area contributed by atoms with Crippen molar-refractivity contribution in [2.75, 3.05) is 12.0 Å². The summed E-state index contributed by atoms with van der Waals surface area (Å²) in [5.74, 6) is -1.10. The van der Waals surface area contributed by atoms with Gasteiger partial charge in [0.15, 0.2) is 0 Å². The van der Waals surface area contributed by atoms with E-state index < -0.39 is 17.9 Å². The summed E-state index contributed by atoms with van der Waals surface area (Å²) in [5, 5.41) is 14.1. The van der Waals surface area contributed by atoms with E-state index in [2.05, 4.69) is 10.3 Å². The summed E-state index contributed by atoms with van der Waals surface area (Å²) in [5.41, 5.74) is 4.00. The molecule has 8 heteroatoms. The van der Waals surface area contributed by atoms with Gasteiger partial charge in [-0.15, -0.1) is 0 Å². The number of carbonyl (C=O) groups is 2. The van der Waals surface area contributed by atoms with Gasteiger partial charge in [-0.25, -0.2) is 4.98 Å². The van der Waals surface area contributed by atoms with Gasteiger partial charge in [0.1, 0.15) is 0 Å². The Kier molecular flexibility index (Phi) is 10.3. The number of aliphatic carboxylic acids is 1. The van der Waals surface area contributed by atoms with Crippen LogP contribution >= 0.6 is 11.8 Å². The fourth-order valence-electron chi connectivity index (χ4n) is 3.21. The van der Waals surface area contributed by atoms with E-state index in [-0.39, 0.29) is 29.6 Å². The molecule has 160 valence electrons. The zero-order valence-corrected chi connectivity index (χ0v) is 21.3. The van der Waals surface area contributed by atoms with Crippen molar-refractivity contribution < 1.29 is 44.3 Å². The second-order valence-corrected chi connectivity index (χ2v) is 8.06. The molecule has 1 amide bonds. The molecule has 0 unspecified atom stereocenters. The van der Waals surface area contributed by atoms with Crippen LogP contribution in [0.1, 0.15) is 27.9 Å². The maximum Gasteiger partial charge on any atom is 1.00 e. The number of benzene rings is 2. The van der Waals surface area contributed by atoms with E-state index in [0.717, 1.165) is 22.3 Å². The number of hydrogen-bond acceptors (Lipinski definition) is 5. The third-order valence-corrected chi connectivity index (χ3v) is 5.53. The standard InChI is InChI=1S/C24H25N3O3S.Na/c1-17-5-3-4-6-19(17)21-15-18(9-12-27-13-11-25-16-27)7-8-20(21)23(28)26-22(24(29)30)10-14-31-2;/h3-9,11-13,15-16,22H,10,14H2,1-2H3,(H,26,28)(H,29,30);/q;+1/p-1/b12-9+;/t22-;/m0./s1. The number of nitrogens with one attached hydrogen (secondary N) is 1. The number of carboxylic acid groups (broad SMARTS) is 1. The first kappa shape index (κ1) is 25.9. The minimum absolute atomic E-state index is 0. The molecule has 0 spiro atoms. The van der Waals surface area contributed by atoms with Crippen molar-refractivity contribution in [3.05, 3.63) is 77.9 Å². The van der Waals surface area contributed by atoms with E-state index in [1.807, 2.05) is 72.6 Å².